The third kappa shape index (κ3) is 0.932. The first kappa shape index (κ1) is 6.95. The minimum absolute atomic E-state index is 0.350. The van der Waals surface area contributed by atoms with Gasteiger partial charge in [-0.25, -0.2) is 0 Å². The number of aliphatic imine (C=N–C) groups is 1. The number of hydrogen-bond acceptors (Lipinski definition) is 3. The zero-order valence-electron chi connectivity index (χ0n) is 7.12. The fourth-order valence-electron chi connectivity index (χ4n) is 1.76. The molecule has 3 nitrogen and oxygen atoms in total. The van der Waals surface area contributed by atoms with Crippen molar-refractivity contribution in [3.8, 4) is 11.5 Å². The van der Waals surface area contributed by atoms with E-state index in [0.717, 1.165) is 30.0 Å². The molecule has 1 aromatic carbocycles. The van der Waals surface area contributed by atoms with Crippen LogP contribution in [0, 0.1) is 0 Å². The number of nitrogens with zero attached hydrogens (tertiary/aromatic N) is 1. The van der Waals surface area contributed by atoms with Crippen LogP contribution in [0.2, 0.25) is 0 Å². The molecule has 2 heterocycles. The van der Waals surface area contributed by atoms with Crippen molar-refractivity contribution >= 4 is 6.21 Å². The van der Waals surface area contributed by atoms with E-state index in [4.69, 9.17) is 9.47 Å². The second-order valence-electron chi connectivity index (χ2n) is 3.15. The van der Waals surface area contributed by atoms with E-state index in [2.05, 4.69) is 4.99 Å². The van der Waals surface area contributed by atoms with Crippen LogP contribution in [0.5, 0.6) is 11.5 Å². The quantitative estimate of drug-likeness (QED) is 0.596. The second-order valence-corrected chi connectivity index (χ2v) is 3.15. The monoisotopic (exact) mass is 175 g/mol. The Bertz CT molecular complexity index is 385. The first-order chi connectivity index (χ1) is 6.45. The van der Waals surface area contributed by atoms with E-state index in [0.29, 0.717) is 6.79 Å². The zero-order valence-corrected chi connectivity index (χ0v) is 7.12. The molecule has 0 N–H and O–H groups in total. The lowest BCUT2D eigenvalue weighted by Gasteiger charge is -2.11. The van der Waals surface area contributed by atoms with Gasteiger partial charge in [0.1, 0.15) is 0 Å². The molecule has 0 unspecified atom stereocenters. The molecule has 1 aromatic rings. The van der Waals surface area contributed by atoms with E-state index in [1.54, 1.807) is 0 Å². The van der Waals surface area contributed by atoms with Crippen molar-refractivity contribution < 1.29 is 9.47 Å². The highest BCUT2D eigenvalue weighted by atomic mass is 16.7. The Kier molecular flexibility index (Phi) is 1.33. The summed E-state index contributed by atoms with van der Waals surface area (Å²) in [6.07, 6.45) is 2.86. The predicted octanol–water partition coefficient (Wildman–Crippen LogP) is 1.39. The Labute approximate surface area is 76.0 Å². The molecule has 0 radical (unpaired) electrons. The molecular formula is C10H9NO2. The van der Waals surface area contributed by atoms with E-state index in [1.165, 1.54) is 5.56 Å². The molecule has 0 spiro atoms. The standard InChI is InChI=1S/C10H9NO2/c1-2-9-10(13-6-12-9)8-3-4-11-5-7(1)8/h1-2,5H,3-4,6H2. The van der Waals surface area contributed by atoms with Gasteiger partial charge in [-0.2, -0.15) is 0 Å². The molecule has 13 heavy (non-hydrogen) atoms. The van der Waals surface area contributed by atoms with Crippen molar-refractivity contribution in [2.75, 3.05) is 13.3 Å². The molecule has 0 amide bonds. The number of rotatable bonds is 0. The Hall–Kier alpha value is -1.51. The maximum absolute atomic E-state index is 5.41. The van der Waals surface area contributed by atoms with Gasteiger partial charge < -0.3 is 9.47 Å². The molecular weight excluding hydrogens is 166 g/mol. The summed E-state index contributed by atoms with van der Waals surface area (Å²) in [5.41, 5.74) is 2.40. The van der Waals surface area contributed by atoms with Gasteiger partial charge in [0, 0.05) is 18.3 Å². The van der Waals surface area contributed by atoms with Crippen LogP contribution < -0.4 is 9.47 Å². The molecule has 0 saturated carbocycles. The van der Waals surface area contributed by atoms with Gasteiger partial charge in [0.05, 0.1) is 0 Å². The SMILES string of the molecule is C1=NCCc2c1ccc1c2OCO1. The third-order valence-corrected chi connectivity index (χ3v) is 2.40. The molecule has 0 atom stereocenters. The van der Waals surface area contributed by atoms with Gasteiger partial charge in [-0.05, 0) is 24.1 Å². The van der Waals surface area contributed by atoms with Crippen LogP contribution in [0.15, 0.2) is 17.1 Å². The normalized spacial score (nSPS) is 17.2. The van der Waals surface area contributed by atoms with Gasteiger partial charge in [0.2, 0.25) is 6.79 Å². The first-order valence-electron chi connectivity index (χ1n) is 4.36. The summed E-state index contributed by atoms with van der Waals surface area (Å²) in [4.78, 5) is 4.22. The summed E-state index contributed by atoms with van der Waals surface area (Å²) in [5, 5.41) is 0. The van der Waals surface area contributed by atoms with E-state index in [1.807, 2.05) is 18.3 Å². The van der Waals surface area contributed by atoms with Crippen molar-refractivity contribution in [2.45, 2.75) is 6.42 Å². The lowest BCUT2D eigenvalue weighted by atomic mass is 10.0. The molecule has 2 aliphatic heterocycles. The summed E-state index contributed by atoms with van der Waals surface area (Å²) in [7, 11) is 0. The van der Waals surface area contributed by atoms with Gasteiger partial charge in [-0.3, -0.25) is 4.99 Å². The Morgan fingerprint density at radius 3 is 3.23 bits per heavy atom. The summed E-state index contributed by atoms with van der Waals surface area (Å²) in [6, 6.07) is 3.98. The average Bonchev–Trinajstić information content (AvgIpc) is 2.65. The summed E-state index contributed by atoms with van der Waals surface area (Å²) in [6.45, 7) is 1.20. The lowest BCUT2D eigenvalue weighted by Crippen LogP contribution is -2.04. The molecule has 66 valence electrons. The van der Waals surface area contributed by atoms with Crippen LogP contribution in [0.25, 0.3) is 0 Å². The molecule has 0 saturated heterocycles. The fourth-order valence-corrected chi connectivity index (χ4v) is 1.76. The maximum Gasteiger partial charge on any atom is 0.231 e. The van der Waals surface area contributed by atoms with Gasteiger partial charge in [0.25, 0.3) is 0 Å². The molecule has 0 fully saturated rings. The number of ether oxygens (including phenoxy) is 2. The minimum Gasteiger partial charge on any atom is -0.454 e. The number of hydrogen-bond donors (Lipinski definition) is 0. The maximum atomic E-state index is 5.41. The number of benzene rings is 1. The van der Waals surface area contributed by atoms with E-state index < -0.39 is 0 Å². The van der Waals surface area contributed by atoms with Gasteiger partial charge in [0.15, 0.2) is 11.5 Å². The van der Waals surface area contributed by atoms with Crippen LogP contribution in [-0.2, 0) is 6.42 Å². The smallest absolute Gasteiger partial charge is 0.231 e. The van der Waals surface area contributed by atoms with Crippen LogP contribution in [0.3, 0.4) is 0 Å². The molecule has 3 rings (SSSR count). The molecule has 0 aliphatic carbocycles. The number of fused-ring (bicyclic) bond motifs is 3. The van der Waals surface area contributed by atoms with Gasteiger partial charge in [-0.15, -0.1) is 0 Å². The highest BCUT2D eigenvalue weighted by Gasteiger charge is 2.20. The Morgan fingerprint density at radius 1 is 1.23 bits per heavy atom. The predicted molar refractivity (Wildman–Crippen MR) is 48.7 cm³/mol. The molecule has 2 aliphatic rings. The van der Waals surface area contributed by atoms with E-state index >= 15 is 0 Å². The van der Waals surface area contributed by atoms with Crippen molar-refractivity contribution in [1.29, 1.82) is 0 Å². The first-order valence-corrected chi connectivity index (χ1v) is 4.36. The van der Waals surface area contributed by atoms with Gasteiger partial charge >= 0.3 is 0 Å². The van der Waals surface area contributed by atoms with E-state index in [9.17, 15) is 0 Å². The lowest BCUT2D eigenvalue weighted by molar-refractivity contribution is 0.173. The Balaban J connectivity index is 2.23. The van der Waals surface area contributed by atoms with Gasteiger partial charge in [-0.1, -0.05) is 0 Å². The van der Waals surface area contributed by atoms with Crippen LogP contribution in [0.1, 0.15) is 11.1 Å². The van der Waals surface area contributed by atoms with Crippen LogP contribution >= 0.6 is 0 Å². The summed E-state index contributed by atoms with van der Waals surface area (Å²) < 4.78 is 10.7. The van der Waals surface area contributed by atoms with Crippen molar-refractivity contribution in [1.82, 2.24) is 0 Å². The zero-order chi connectivity index (χ0) is 8.67. The Morgan fingerprint density at radius 2 is 2.23 bits per heavy atom. The molecule has 0 aromatic heterocycles. The third-order valence-electron chi connectivity index (χ3n) is 2.40. The molecule has 0 bridgehead atoms. The largest absolute Gasteiger partial charge is 0.454 e. The fraction of sp³-hybridized carbons (Fsp3) is 0.300. The van der Waals surface area contributed by atoms with Crippen LogP contribution in [0.4, 0.5) is 0 Å². The minimum atomic E-state index is 0.350. The van der Waals surface area contributed by atoms with Crippen molar-refractivity contribution in [3.63, 3.8) is 0 Å². The van der Waals surface area contributed by atoms with E-state index in [-0.39, 0.29) is 0 Å². The van der Waals surface area contributed by atoms with Crippen molar-refractivity contribution in [2.24, 2.45) is 4.99 Å². The molecule has 3 heteroatoms. The highest BCUT2D eigenvalue weighted by Crippen LogP contribution is 2.38. The summed E-state index contributed by atoms with van der Waals surface area (Å²) in [5.74, 6) is 1.79. The average molecular weight is 175 g/mol. The highest BCUT2D eigenvalue weighted by molar-refractivity contribution is 5.85. The second kappa shape index (κ2) is 2.49. The summed E-state index contributed by atoms with van der Waals surface area (Å²) >= 11 is 0. The van der Waals surface area contributed by atoms with Crippen LogP contribution in [-0.4, -0.2) is 19.6 Å². The van der Waals surface area contributed by atoms with Crippen molar-refractivity contribution in [3.05, 3.63) is 23.3 Å². The topological polar surface area (TPSA) is 30.8 Å².